The zero-order chi connectivity index (χ0) is 13.1. The molecule has 1 aliphatic carbocycles. The molecule has 98 valence electrons. The molecule has 1 fully saturated rings. The number of carboxylic acids is 1. The number of hydrogen-bond donors (Lipinski definition) is 2. The fraction of sp³-hybridized carbons (Fsp3) is 0.833. The number of aliphatic carboxylic acids is 1. The standard InChI is InChI=1S/C12H22N2O3/c1-4-6-9(2)14(3)11(17)13-12(10(15)16)7-5-8-12/h9H,4-8H2,1-3H3,(H,13,17)(H,15,16). The van der Waals surface area contributed by atoms with Gasteiger partial charge in [-0.2, -0.15) is 0 Å². The summed E-state index contributed by atoms with van der Waals surface area (Å²) in [5.74, 6) is -0.923. The Morgan fingerprint density at radius 3 is 2.41 bits per heavy atom. The summed E-state index contributed by atoms with van der Waals surface area (Å²) in [5, 5.41) is 11.8. The fourth-order valence-electron chi connectivity index (χ4n) is 2.03. The molecular weight excluding hydrogens is 220 g/mol. The molecule has 1 saturated carbocycles. The minimum absolute atomic E-state index is 0.130. The Hall–Kier alpha value is -1.26. The molecule has 1 atom stereocenters. The van der Waals surface area contributed by atoms with Crippen LogP contribution in [0.1, 0.15) is 46.0 Å². The summed E-state index contributed by atoms with van der Waals surface area (Å²) in [5.41, 5.74) is -1.02. The maximum atomic E-state index is 11.9. The van der Waals surface area contributed by atoms with Crippen LogP contribution >= 0.6 is 0 Å². The molecule has 5 heteroatoms. The molecule has 0 aromatic carbocycles. The van der Waals surface area contributed by atoms with Crippen LogP contribution in [0.5, 0.6) is 0 Å². The number of rotatable bonds is 5. The summed E-state index contributed by atoms with van der Waals surface area (Å²) in [4.78, 5) is 24.6. The van der Waals surface area contributed by atoms with Crippen molar-refractivity contribution in [2.75, 3.05) is 7.05 Å². The van der Waals surface area contributed by atoms with Gasteiger partial charge in [-0.1, -0.05) is 13.3 Å². The molecule has 2 N–H and O–H groups in total. The molecular formula is C12H22N2O3. The maximum Gasteiger partial charge on any atom is 0.329 e. The van der Waals surface area contributed by atoms with Gasteiger partial charge in [0.2, 0.25) is 0 Å². The van der Waals surface area contributed by atoms with Crippen LogP contribution in [0.3, 0.4) is 0 Å². The van der Waals surface area contributed by atoms with Crippen LogP contribution in [-0.2, 0) is 4.79 Å². The number of hydrogen-bond acceptors (Lipinski definition) is 2. The van der Waals surface area contributed by atoms with E-state index in [4.69, 9.17) is 5.11 Å². The van der Waals surface area contributed by atoms with Gasteiger partial charge in [-0.3, -0.25) is 0 Å². The van der Waals surface area contributed by atoms with E-state index in [1.54, 1.807) is 11.9 Å². The van der Waals surface area contributed by atoms with Crippen molar-refractivity contribution in [1.82, 2.24) is 10.2 Å². The Morgan fingerprint density at radius 1 is 1.47 bits per heavy atom. The van der Waals surface area contributed by atoms with Crippen LogP contribution in [0.2, 0.25) is 0 Å². The molecule has 2 amide bonds. The Bertz CT molecular complexity index is 300. The Morgan fingerprint density at radius 2 is 2.06 bits per heavy atom. The van der Waals surface area contributed by atoms with E-state index >= 15 is 0 Å². The lowest BCUT2D eigenvalue weighted by atomic mass is 9.77. The summed E-state index contributed by atoms with van der Waals surface area (Å²) >= 11 is 0. The molecule has 0 radical (unpaired) electrons. The number of nitrogens with one attached hydrogen (secondary N) is 1. The number of carbonyl (C=O) groups is 2. The second kappa shape index (κ2) is 5.38. The van der Waals surface area contributed by atoms with Gasteiger partial charge in [0.25, 0.3) is 0 Å². The van der Waals surface area contributed by atoms with E-state index in [1.807, 2.05) is 6.92 Å². The van der Waals surface area contributed by atoms with Crippen molar-refractivity contribution in [3.63, 3.8) is 0 Å². The predicted octanol–water partition coefficient (Wildman–Crippen LogP) is 1.82. The largest absolute Gasteiger partial charge is 0.480 e. The highest BCUT2D eigenvalue weighted by molar-refractivity contribution is 5.87. The monoisotopic (exact) mass is 242 g/mol. The molecule has 1 rings (SSSR count). The lowest BCUT2D eigenvalue weighted by molar-refractivity contribution is -0.148. The molecule has 0 aliphatic heterocycles. The third-order valence-electron chi connectivity index (χ3n) is 3.65. The van der Waals surface area contributed by atoms with Crippen molar-refractivity contribution in [3.8, 4) is 0 Å². The number of amides is 2. The van der Waals surface area contributed by atoms with Gasteiger partial charge in [0, 0.05) is 13.1 Å². The van der Waals surface area contributed by atoms with Gasteiger partial charge in [0.1, 0.15) is 5.54 Å². The van der Waals surface area contributed by atoms with Gasteiger partial charge in [0.05, 0.1) is 0 Å². The first-order valence-corrected chi connectivity index (χ1v) is 6.21. The second-order valence-corrected chi connectivity index (χ2v) is 4.92. The van der Waals surface area contributed by atoms with Crippen molar-refractivity contribution in [1.29, 1.82) is 0 Å². The molecule has 5 nitrogen and oxygen atoms in total. The normalized spacial score (nSPS) is 19.0. The first kappa shape index (κ1) is 13.8. The maximum absolute atomic E-state index is 11.9. The van der Waals surface area contributed by atoms with Crippen LogP contribution in [0, 0.1) is 0 Å². The van der Waals surface area contributed by atoms with Crippen molar-refractivity contribution in [3.05, 3.63) is 0 Å². The Kier molecular flexibility index (Phi) is 4.37. The fourth-order valence-corrected chi connectivity index (χ4v) is 2.03. The number of urea groups is 1. The average molecular weight is 242 g/mol. The summed E-state index contributed by atoms with van der Waals surface area (Å²) in [6.07, 6.45) is 3.85. The Labute approximate surface area is 102 Å². The van der Waals surface area contributed by atoms with Crippen LogP contribution in [0.4, 0.5) is 4.79 Å². The molecule has 0 saturated heterocycles. The first-order chi connectivity index (χ1) is 7.93. The molecule has 1 unspecified atom stereocenters. The van der Waals surface area contributed by atoms with Crippen molar-refractivity contribution >= 4 is 12.0 Å². The van der Waals surface area contributed by atoms with E-state index in [2.05, 4.69) is 12.2 Å². The van der Waals surface area contributed by atoms with Crippen LogP contribution in [0.15, 0.2) is 0 Å². The summed E-state index contributed by atoms with van der Waals surface area (Å²) < 4.78 is 0. The molecule has 0 aromatic rings. The molecule has 1 aliphatic rings. The van der Waals surface area contributed by atoms with Gasteiger partial charge >= 0.3 is 12.0 Å². The van der Waals surface area contributed by atoms with Gasteiger partial charge in [0.15, 0.2) is 0 Å². The minimum Gasteiger partial charge on any atom is -0.480 e. The first-order valence-electron chi connectivity index (χ1n) is 6.21. The smallest absolute Gasteiger partial charge is 0.329 e. The summed E-state index contributed by atoms with van der Waals surface area (Å²) in [6.45, 7) is 4.03. The minimum atomic E-state index is -1.02. The lowest BCUT2D eigenvalue weighted by Gasteiger charge is -2.40. The SMILES string of the molecule is CCCC(C)N(C)C(=O)NC1(C(=O)O)CCC1. The third kappa shape index (κ3) is 2.90. The van der Waals surface area contributed by atoms with Gasteiger partial charge in [-0.25, -0.2) is 9.59 Å². The van der Waals surface area contributed by atoms with Crippen molar-refractivity contribution in [2.24, 2.45) is 0 Å². The molecule has 0 bridgehead atoms. The molecule has 0 heterocycles. The number of nitrogens with zero attached hydrogens (tertiary/aromatic N) is 1. The third-order valence-corrected chi connectivity index (χ3v) is 3.65. The average Bonchev–Trinajstić information content (AvgIpc) is 2.21. The lowest BCUT2D eigenvalue weighted by Crippen LogP contribution is -2.62. The molecule has 0 spiro atoms. The summed E-state index contributed by atoms with van der Waals surface area (Å²) in [7, 11) is 1.71. The second-order valence-electron chi connectivity index (χ2n) is 4.92. The van der Waals surface area contributed by atoms with E-state index in [0.717, 1.165) is 19.3 Å². The van der Waals surface area contributed by atoms with Gasteiger partial charge in [-0.15, -0.1) is 0 Å². The topological polar surface area (TPSA) is 69.6 Å². The Balaban J connectivity index is 2.56. The van der Waals surface area contributed by atoms with Crippen LogP contribution in [-0.4, -0.2) is 40.6 Å². The van der Waals surface area contributed by atoms with E-state index in [0.29, 0.717) is 12.8 Å². The van der Waals surface area contributed by atoms with Gasteiger partial charge in [-0.05, 0) is 32.6 Å². The molecule has 0 aromatic heterocycles. The number of carboxylic acid groups (broad SMARTS) is 1. The van der Waals surface area contributed by atoms with E-state index in [1.165, 1.54) is 0 Å². The van der Waals surface area contributed by atoms with Crippen LogP contribution in [0.25, 0.3) is 0 Å². The van der Waals surface area contributed by atoms with Crippen LogP contribution < -0.4 is 5.32 Å². The quantitative estimate of drug-likeness (QED) is 0.772. The van der Waals surface area contributed by atoms with Gasteiger partial charge < -0.3 is 15.3 Å². The van der Waals surface area contributed by atoms with Crippen molar-refractivity contribution in [2.45, 2.75) is 57.5 Å². The predicted molar refractivity (Wildman–Crippen MR) is 64.9 cm³/mol. The molecule has 17 heavy (non-hydrogen) atoms. The highest BCUT2D eigenvalue weighted by Crippen LogP contribution is 2.32. The highest BCUT2D eigenvalue weighted by atomic mass is 16.4. The number of carbonyl (C=O) groups excluding carboxylic acids is 1. The van der Waals surface area contributed by atoms with E-state index in [9.17, 15) is 9.59 Å². The van der Waals surface area contributed by atoms with E-state index in [-0.39, 0.29) is 12.1 Å². The summed E-state index contributed by atoms with van der Waals surface area (Å²) in [6, 6.07) is -0.154. The van der Waals surface area contributed by atoms with E-state index < -0.39 is 11.5 Å². The highest BCUT2D eigenvalue weighted by Gasteiger charge is 2.46. The zero-order valence-corrected chi connectivity index (χ0v) is 10.8. The zero-order valence-electron chi connectivity index (χ0n) is 10.8. The van der Waals surface area contributed by atoms with Crippen molar-refractivity contribution < 1.29 is 14.7 Å².